The Kier molecular flexibility index (Phi) is 7.37. The molecular formula is C16H21BrO3. The summed E-state index contributed by atoms with van der Waals surface area (Å²) < 4.78 is 5.73. The molecule has 1 aromatic rings. The van der Waals surface area contributed by atoms with Crippen molar-refractivity contribution >= 4 is 27.5 Å². The van der Waals surface area contributed by atoms with E-state index in [0.717, 1.165) is 23.7 Å². The minimum atomic E-state index is -0.907. The van der Waals surface area contributed by atoms with E-state index in [9.17, 15) is 9.90 Å². The molecule has 0 atom stereocenters. The Morgan fingerprint density at radius 3 is 2.65 bits per heavy atom. The first-order valence-corrected chi connectivity index (χ1v) is 7.95. The predicted octanol–water partition coefficient (Wildman–Crippen LogP) is 4.51. The zero-order valence-corrected chi connectivity index (χ0v) is 13.6. The molecule has 1 N–H and O–H groups in total. The monoisotopic (exact) mass is 340 g/mol. The number of carboxylic acid groups (broad SMARTS) is 1. The SMILES string of the molecule is CCCCOc1ccccc1/C(C(=O)O)=C(/C)CCBr. The van der Waals surface area contributed by atoms with Gasteiger partial charge in [-0.3, -0.25) is 0 Å². The number of carbonyl (C=O) groups is 1. The molecule has 4 heteroatoms. The Bertz CT molecular complexity index is 480. The molecule has 0 saturated carbocycles. The molecular weight excluding hydrogens is 320 g/mol. The van der Waals surface area contributed by atoms with Gasteiger partial charge < -0.3 is 9.84 Å². The fraction of sp³-hybridized carbons (Fsp3) is 0.438. The standard InChI is InChI=1S/C16H21BrO3/c1-3-4-11-20-14-8-6-5-7-13(14)15(16(18)19)12(2)9-10-17/h5-8H,3-4,9-11H2,1-2H3,(H,18,19)/b15-12+. The maximum Gasteiger partial charge on any atom is 0.336 e. The number of carboxylic acids is 1. The normalized spacial score (nSPS) is 11.9. The molecule has 0 aromatic heterocycles. The van der Waals surface area contributed by atoms with Gasteiger partial charge in [0.05, 0.1) is 12.2 Å². The number of alkyl halides is 1. The Labute approximate surface area is 128 Å². The lowest BCUT2D eigenvalue weighted by Crippen LogP contribution is -2.06. The lowest BCUT2D eigenvalue weighted by Gasteiger charge is -2.14. The molecule has 0 aliphatic carbocycles. The number of rotatable bonds is 8. The van der Waals surface area contributed by atoms with Gasteiger partial charge in [-0.15, -0.1) is 0 Å². The van der Waals surface area contributed by atoms with Crippen molar-refractivity contribution in [2.45, 2.75) is 33.1 Å². The minimum Gasteiger partial charge on any atom is -0.493 e. The second-order valence-electron chi connectivity index (χ2n) is 4.60. The average Bonchev–Trinajstić information content (AvgIpc) is 2.41. The van der Waals surface area contributed by atoms with E-state index in [4.69, 9.17) is 4.74 Å². The molecule has 0 unspecified atom stereocenters. The number of halogens is 1. The Morgan fingerprint density at radius 2 is 2.05 bits per heavy atom. The van der Waals surface area contributed by atoms with Gasteiger partial charge in [0, 0.05) is 10.9 Å². The van der Waals surface area contributed by atoms with Crippen LogP contribution in [0.1, 0.15) is 38.7 Å². The minimum absolute atomic E-state index is 0.344. The van der Waals surface area contributed by atoms with Crippen LogP contribution in [-0.4, -0.2) is 23.0 Å². The van der Waals surface area contributed by atoms with Crippen LogP contribution < -0.4 is 4.74 Å². The van der Waals surface area contributed by atoms with Gasteiger partial charge in [-0.05, 0) is 25.8 Å². The molecule has 0 spiro atoms. The van der Waals surface area contributed by atoms with E-state index < -0.39 is 5.97 Å². The molecule has 0 bridgehead atoms. The summed E-state index contributed by atoms with van der Waals surface area (Å²) >= 11 is 3.35. The summed E-state index contributed by atoms with van der Waals surface area (Å²) in [6.07, 6.45) is 2.71. The van der Waals surface area contributed by atoms with E-state index >= 15 is 0 Å². The Morgan fingerprint density at radius 1 is 1.35 bits per heavy atom. The molecule has 1 rings (SSSR count). The highest BCUT2D eigenvalue weighted by Gasteiger charge is 2.17. The van der Waals surface area contributed by atoms with Crippen molar-refractivity contribution in [2.75, 3.05) is 11.9 Å². The van der Waals surface area contributed by atoms with Gasteiger partial charge in [0.1, 0.15) is 5.75 Å². The summed E-state index contributed by atoms with van der Waals surface area (Å²) in [5, 5.41) is 10.2. The van der Waals surface area contributed by atoms with E-state index in [0.29, 0.717) is 29.9 Å². The lowest BCUT2D eigenvalue weighted by atomic mass is 9.98. The first-order valence-electron chi connectivity index (χ1n) is 6.83. The molecule has 20 heavy (non-hydrogen) atoms. The molecule has 0 aliphatic heterocycles. The average molecular weight is 341 g/mol. The van der Waals surface area contributed by atoms with Crippen molar-refractivity contribution in [2.24, 2.45) is 0 Å². The van der Waals surface area contributed by atoms with Crippen LogP contribution in [0, 0.1) is 0 Å². The van der Waals surface area contributed by atoms with Crippen molar-refractivity contribution < 1.29 is 14.6 Å². The zero-order chi connectivity index (χ0) is 15.0. The molecule has 0 radical (unpaired) electrons. The Hall–Kier alpha value is -1.29. The van der Waals surface area contributed by atoms with Gasteiger partial charge in [0.2, 0.25) is 0 Å². The lowest BCUT2D eigenvalue weighted by molar-refractivity contribution is -0.130. The molecule has 0 aliphatic rings. The van der Waals surface area contributed by atoms with E-state index in [1.165, 1.54) is 0 Å². The number of aliphatic carboxylic acids is 1. The number of ether oxygens (including phenoxy) is 1. The molecule has 0 amide bonds. The largest absolute Gasteiger partial charge is 0.493 e. The van der Waals surface area contributed by atoms with E-state index in [2.05, 4.69) is 22.9 Å². The van der Waals surface area contributed by atoms with Crippen molar-refractivity contribution in [3.8, 4) is 5.75 Å². The fourth-order valence-electron chi connectivity index (χ4n) is 1.92. The number of allylic oxidation sites excluding steroid dienone is 1. The van der Waals surface area contributed by atoms with Gasteiger partial charge >= 0.3 is 5.97 Å². The fourth-order valence-corrected chi connectivity index (χ4v) is 2.51. The van der Waals surface area contributed by atoms with Crippen LogP contribution in [0.15, 0.2) is 29.8 Å². The summed E-state index contributed by atoms with van der Waals surface area (Å²) in [6, 6.07) is 7.34. The highest BCUT2D eigenvalue weighted by Crippen LogP contribution is 2.30. The molecule has 3 nitrogen and oxygen atoms in total. The van der Waals surface area contributed by atoms with Gasteiger partial charge in [0.25, 0.3) is 0 Å². The number of benzene rings is 1. The van der Waals surface area contributed by atoms with Crippen LogP contribution in [0.5, 0.6) is 5.75 Å². The number of hydrogen-bond donors (Lipinski definition) is 1. The maximum absolute atomic E-state index is 11.6. The van der Waals surface area contributed by atoms with Crippen LogP contribution in [0.25, 0.3) is 5.57 Å². The molecule has 0 fully saturated rings. The molecule has 1 aromatic carbocycles. The van der Waals surface area contributed by atoms with Crippen LogP contribution in [0.2, 0.25) is 0 Å². The summed E-state index contributed by atoms with van der Waals surface area (Å²) in [4.78, 5) is 11.6. The van der Waals surface area contributed by atoms with E-state index in [1.54, 1.807) is 0 Å². The predicted molar refractivity (Wildman–Crippen MR) is 85.5 cm³/mol. The quantitative estimate of drug-likeness (QED) is 0.430. The summed E-state index contributed by atoms with van der Waals surface area (Å²) in [7, 11) is 0. The number of unbranched alkanes of at least 4 members (excludes halogenated alkanes) is 1. The van der Waals surface area contributed by atoms with Crippen LogP contribution >= 0.6 is 15.9 Å². The van der Waals surface area contributed by atoms with Gasteiger partial charge in [-0.2, -0.15) is 0 Å². The topological polar surface area (TPSA) is 46.5 Å². The van der Waals surface area contributed by atoms with Crippen molar-refractivity contribution in [1.29, 1.82) is 0 Å². The highest BCUT2D eigenvalue weighted by atomic mass is 79.9. The number of hydrogen-bond acceptors (Lipinski definition) is 2. The van der Waals surface area contributed by atoms with Gasteiger partial charge in [-0.25, -0.2) is 4.79 Å². The summed E-state index contributed by atoms with van der Waals surface area (Å²) in [6.45, 7) is 4.56. The molecule has 0 heterocycles. The first-order chi connectivity index (χ1) is 9.61. The van der Waals surface area contributed by atoms with Crippen LogP contribution in [-0.2, 0) is 4.79 Å². The molecule has 0 saturated heterocycles. The second kappa shape index (κ2) is 8.80. The van der Waals surface area contributed by atoms with Crippen molar-refractivity contribution in [3.63, 3.8) is 0 Å². The van der Waals surface area contributed by atoms with Crippen LogP contribution in [0.3, 0.4) is 0 Å². The second-order valence-corrected chi connectivity index (χ2v) is 5.39. The number of para-hydroxylation sites is 1. The zero-order valence-electron chi connectivity index (χ0n) is 12.0. The van der Waals surface area contributed by atoms with Gasteiger partial charge in [-0.1, -0.05) is 53.0 Å². The first kappa shape index (κ1) is 16.8. The summed E-state index contributed by atoms with van der Waals surface area (Å²) in [5.41, 5.74) is 1.85. The smallest absolute Gasteiger partial charge is 0.336 e. The van der Waals surface area contributed by atoms with E-state index in [1.807, 2.05) is 31.2 Å². The summed E-state index contributed by atoms with van der Waals surface area (Å²) in [5.74, 6) is -0.262. The third-order valence-electron chi connectivity index (χ3n) is 3.02. The third kappa shape index (κ3) is 4.67. The highest BCUT2D eigenvalue weighted by molar-refractivity contribution is 9.09. The Balaban J connectivity index is 3.14. The van der Waals surface area contributed by atoms with Gasteiger partial charge in [0.15, 0.2) is 0 Å². The third-order valence-corrected chi connectivity index (χ3v) is 3.42. The molecule has 110 valence electrons. The van der Waals surface area contributed by atoms with Crippen molar-refractivity contribution in [1.82, 2.24) is 0 Å². The van der Waals surface area contributed by atoms with E-state index in [-0.39, 0.29) is 0 Å². The van der Waals surface area contributed by atoms with Crippen molar-refractivity contribution in [3.05, 3.63) is 35.4 Å². The van der Waals surface area contributed by atoms with Crippen LogP contribution in [0.4, 0.5) is 0 Å². The maximum atomic E-state index is 11.6.